The zero-order valence-electron chi connectivity index (χ0n) is 25.6. The van der Waals surface area contributed by atoms with Gasteiger partial charge in [-0.25, -0.2) is 17.9 Å². The molecule has 42 heavy (non-hydrogen) atoms. The van der Waals surface area contributed by atoms with E-state index in [0.29, 0.717) is 12.0 Å². The van der Waals surface area contributed by atoms with Gasteiger partial charge in [-0.2, -0.15) is 0 Å². The van der Waals surface area contributed by atoms with Crippen molar-refractivity contribution in [1.29, 1.82) is 0 Å². The fourth-order valence-corrected chi connectivity index (χ4v) is 5.60. The third-order valence-electron chi connectivity index (χ3n) is 6.72. The highest BCUT2D eigenvalue weighted by Crippen LogP contribution is 2.17. The number of carboxylic acid groups (broad SMARTS) is 1. The monoisotopic (exact) mass is 605 g/mol. The fourth-order valence-electron chi connectivity index (χ4n) is 4.40. The largest absolute Gasteiger partial charge is 0.481 e. The van der Waals surface area contributed by atoms with Crippen LogP contribution in [0, 0.1) is 0 Å². The van der Waals surface area contributed by atoms with Crippen molar-refractivity contribution >= 4 is 28.0 Å². The molecule has 236 valence electrons. The van der Waals surface area contributed by atoms with E-state index in [1.807, 2.05) is 19.0 Å². The molecule has 0 aliphatic carbocycles. The number of nitrogens with one attached hydrogen (secondary N) is 1. The molecule has 3 N–H and O–H groups in total. The van der Waals surface area contributed by atoms with Crippen LogP contribution in [0.25, 0.3) is 6.08 Å². The molecule has 0 aliphatic heterocycles. The highest BCUT2D eigenvalue weighted by Gasteiger charge is 2.16. The lowest BCUT2D eigenvalue weighted by Crippen LogP contribution is -2.14. The van der Waals surface area contributed by atoms with Crippen LogP contribution in [-0.2, 0) is 26.2 Å². The summed E-state index contributed by atoms with van der Waals surface area (Å²) in [5.41, 5.74) is 3.00. The Hall–Kier alpha value is -2.95. The Labute approximate surface area is 252 Å². The maximum absolute atomic E-state index is 12.6. The number of benzene rings is 1. The summed E-state index contributed by atoms with van der Waals surface area (Å²) in [6, 6.07) is 8.26. The zero-order chi connectivity index (χ0) is 31.2. The average Bonchev–Trinajstić information content (AvgIpc) is 3.44. The molecule has 0 radical (unpaired) electrons. The van der Waals surface area contributed by atoms with Gasteiger partial charge in [-0.15, -0.1) is 0 Å². The fraction of sp³-hybridized carbons (Fsp3) is 0.562. The van der Waals surface area contributed by atoms with Gasteiger partial charge in [-0.05, 0) is 55.9 Å². The summed E-state index contributed by atoms with van der Waals surface area (Å²) in [6.45, 7) is 2.99. The minimum Gasteiger partial charge on any atom is -0.481 e. The highest BCUT2D eigenvalue weighted by molar-refractivity contribution is 7.90. The van der Waals surface area contributed by atoms with Crippen molar-refractivity contribution in [3.8, 4) is 0 Å². The van der Waals surface area contributed by atoms with Crippen LogP contribution in [0.1, 0.15) is 108 Å². The zero-order valence-corrected chi connectivity index (χ0v) is 26.4. The summed E-state index contributed by atoms with van der Waals surface area (Å²) >= 11 is 0. The van der Waals surface area contributed by atoms with E-state index in [2.05, 4.69) is 6.92 Å². The predicted octanol–water partition coefficient (Wildman–Crippen LogP) is 6.86. The first-order valence-corrected chi connectivity index (χ1v) is 16.5. The van der Waals surface area contributed by atoms with Gasteiger partial charge in [0.15, 0.2) is 0 Å². The molecule has 0 fully saturated rings. The van der Waals surface area contributed by atoms with Gasteiger partial charge in [0.2, 0.25) is 0 Å². The number of rotatable bonds is 20. The minimum absolute atomic E-state index is 0.184. The van der Waals surface area contributed by atoms with Gasteiger partial charge in [-0.1, -0.05) is 96.1 Å². The molecule has 0 saturated carbocycles. The third kappa shape index (κ3) is 16.5. The van der Waals surface area contributed by atoms with Gasteiger partial charge in [0.1, 0.15) is 0 Å². The Morgan fingerprint density at radius 3 is 1.86 bits per heavy atom. The topological polar surface area (TPSA) is 129 Å². The Balaban J connectivity index is 0.000000440. The van der Waals surface area contributed by atoms with Crippen LogP contribution >= 0.6 is 0 Å². The van der Waals surface area contributed by atoms with E-state index in [-0.39, 0.29) is 4.90 Å². The van der Waals surface area contributed by atoms with Crippen LogP contribution in [0.2, 0.25) is 0 Å². The number of amides is 1. The summed E-state index contributed by atoms with van der Waals surface area (Å²) < 4.78 is 26.3. The molecule has 2 aromatic rings. The molecule has 0 saturated heterocycles. The summed E-state index contributed by atoms with van der Waals surface area (Å²) in [5, 5.41) is 16.9. The maximum atomic E-state index is 12.6. The quantitative estimate of drug-likeness (QED) is 0.0651. The minimum atomic E-state index is -3.69. The lowest BCUT2D eigenvalue weighted by atomic mass is 10.0. The van der Waals surface area contributed by atoms with Crippen LogP contribution < -0.4 is 5.48 Å². The lowest BCUT2D eigenvalue weighted by molar-refractivity contribution is -0.137. The molecule has 0 bridgehead atoms. The number of carboxylic acids is 1. The van der Waals surface area contributed by atoms with E-state index in [4.69, 9.17) is 10.3 Å². The van der Waals surface area contributed by atoms with E-state index in [9.17, 15) is 18.0 Å². The number of unbranched alkanes of at least 4 members (excludes halogenated alkanes) is 12. The number of carbonyl (C=O) groups excluding carboxylic acids is 1. The van der Waals surface area contributed by atoms with Crippen LogP contribution in [0.4, 0.5) is 0 Å². The van der Waals surface area contributed by atoms with Crippen molar-refractivity contribution in [2.24, 2.45) is 0 Å². The van der Waals surface area contributed by atoms with Crippen molar-refractivity contribution in [3.05, 3.63) is 59.9 Å². The lowest BCUT2D eigenvalue weighted by Gasteiger charge is -2.10. The standard InChI is InChI=1S/C16H19N3O4S.C16H32O2/c1-18(2)11-13-3-6-15(7-4-13)24(22,23)19-10-9-14(12-19)5-8-16(20)17-21;1-2-3-4-5-6-7-8-9-10-11-12-13-14-15-16(17)18/h3-10,12,21H,11H2,1-2H3,(H,17,20);2-15H2,1H3,(H,17,18). The summed E-state index contributed by atoms with van der Waals surface area (Å²) in [7, 11) is 0.194. The van der Waals surface area contributed by atoms with Gasteiger partial charge in [0.05, 0.1) is 4.90 Å². The Bertz CT molecular complexity index is 1160. The number of aliphatic carboxylic acids is 1. The average molecular weight is 606 g/mol. The number of aromatic nitrogens is 1. The van der Waals surface area contributed by atoms with Crippen molar-refractivity contribution in [2.75, 3.05) is 14.1 Å². The predicted molar refractivity (Wildman–Crippen MR) is 168 cm³/mol. The molecule has 9 nitrogen and oxygen atoms in total. The van der Waals surface area contributed by atoms with Crippen molar-refractivity contribution in [2.45, 2.75) is 108 Å². The van der Waals surface area contributed by atoms with Crippen LogP contribution in [0.3, 0.4) is 0 Å². The summed E-state index contributed by atoms with van der Waals surface area (Å²) in [6.07, 6.45) is 22.6. The first-order chi connectivity index (χ1) is 20.1. The van der Waals surface area contributed by atoms with E-state index in [1.54, 1.807) is 30.3 Å². The SMILES string of the molecule is CCCCCCCCCCCCCCCC(=O)O.CN(C)Cc1ccc(S(=O)(=O)n2ccc(C=CC(=O)NO)c2)cc1. The second kappa shape index (κ2) is 21.7. The third-order valence-corrected chi connectivity index (χ3v) is 8.37. The van der Waals surface area contributed by atoms with Crippen molar-refractivity contribution < 1.29 is 28.3 Å². The summed E-state index contributed by atoms with van der Waals surface area (Å²) in [5.74, 6) is -1.35. The second-order valence-corrected chi connectivity index (χ2v) is 12.7. The molecule has 1 aromatic heterocycles. The van der Waals surface area contributed by atoms with Crippen molar-refractivity contribution in [1.82, 2.24) is 14.4 Å². The molecule has 0 aliphatic rings. The van der Waals surface area contributed by atoms with Gasteiger partial charge >= 0.3 is 5.97 Å². The first-order valence-electron chi connectivity index (χ1n) is 15.1. The molecule has 1 aromatic carbocycles. The number of nitrogens with zero attached hydrogens (tertiary/aromatic N) is 2. The molecular formula is C32H51N3O6S. The summed E-state index contributed by atoms with van der Waals surface area (Å²) in [4.78, 5) is 23.4. The van der Waals surface area contributed by atoms with Crippen molar-refractivity contribution in [3.63, 3.8) is 0 Å². The molecule has 2 rings (SSSR count). The van der Waals surface area contributed by atoms with Crippen LogP contribution in [-0.4, -0.2) is 53.6 Å². The van der Waals surface area contributed by atoms with E-state index >= 15 is 0 Å². The molecule has 1 amide bonds. The number of hydrogen-bond acceptors (Lipinski definition) is 6. The van der Waals surface area contributed by atoms with E-state index in [1.165, 1.54) is 94.6 Å². The molecule has 0 atom stereocenters. The van der Waals surface area contributed by atoms with Gasteiger partial charge in [0.25, 0.3) is 15.9 Å². The van der Waals surface area contributed by atoms with Gasteiger partial charge < -0.3 is 10.0 Å². The number of carbonyl (C=O) groups is 2. The number of hydroxylamine groups is 1. The van der Waals surface area contributed by atoms with Gasteiger partial charge in [0, 0.05) is 31.4 Å². The maximum Gasteiger partial charge on any atom is 0.303 e. The Kier molecular flexibility index (Phi) is 19.2. The van der Waals surface area contributed by atoms with E-state index < -0.39 is 21.9 Å². The van der Waals surface area contributed by atoms with E-state index in [0.717, 1.165) is 35.0 Å². The first kappa shape index (κ1) is 37.1. The molecule has 0 unspecified atom stereocenters. The normalized spacial score (nSPS) is 11.5. The smallest absolute Gasteiger partial charge is 0.303 e. The second-order valence-electron chi connectivity index (χ2n) is 10.9. The van der Waals surface area contributed by atoms with Crippen LogP contribution in [0.5, 0.6) is 0 Å². The Morgan fingerprint density at radius 2 is 1.38 bits per heavy atom. The molecule has 1 heterocycles. The van der Waals surface area contributed by atoms with Gasteiger partial charge in [-0.3, -0.25) is 14.8 Å². The highest BCUT2D eigenvalue weighted by atomic mass is 32.2. The number of hydrogen-bond donors (Lipinski definition) is 3. The molecular weight excluding hydrogens is 554 g/mol. The molecule has 0 spiro atoms. The Morgan fingerprint density at radius 1 is 0.857 bits per heavy atom. The molecule has 10 heteroatoms. The van der Waals surface area contributed by atoms with Crippen LogP contribution in [0.15, 0.2) is 53.7 Å².